The molecule has 0 aliphatic carbocycles. The highest BCUT2D eigenvalue weighted by atomic mass is 35.5. The Labute approximate surface area is 127 Å². The first-order chi connectivity index (χ1) is 9.97. The number of benzene rings is 1. The second kappa shape index (κ2) is 8.16. The number of alkyl carbamates (subject to hydrolysis) is 1. The summed E-state index contributed by atoms with van der Waals surface area (Å²) in [5, 5.41) is 11.9. The molecule has 1 aromatic carbocycles. The Balaban J connectivity index is 2.81. The Morgan fingerprint density at radius 3 is 2.81 bits per heavy atom. The van der Waals surface area contributed by atoms with Gasteiger partial charge >= 0.3 is 12.1 Å². The van der Waals surface area contributed by atoms with Crippen LogP contribution in [0.1, 0.15) is 5.56 Å². The Bertz CT molecular complexity index is 532. The van der Waals surface area contributed by atoms with Gasteiger partial charge in [-0.1, -0.05) is 30.3 Å². The summed E-state index contributed by atoms with van der Waals surface area (Å²) >= 11 is 5.84. The zero-order valence-corrected chi connectivity index (χ0v) is 12.2. The number of carbonyl (C=O) groups excluding carboxylic acids is 1. The molecule has 0 saturated carbocycles. The van der Waals surface area contributed by atoms with Crippen LogP contribution in [0.25, 0.3) is 0 Å². The van der Waals surface area contributed by atoms with Gasteiger partial charge < -0.3 is 19.9 Å². The molecule has 1 aromatic rings. The van der Waals surface area contributed by atoms with Crippen LogP contribution in [-0.4, -0.2) is 36.9 Å². The molecule has 1 amide bonds. The fraction of sp³-hybridized carbons (Fsp3) is 0.286. The SMILES string of the molecule is C=CCOC(=O)NC(Cc1ccc(Cl)cc1OC)C(=O)O. The van der Waals surface area contributed by atoms with Crippen molar-refractivity contribution in [2.45, 2.75) is 12.5 Å². The summed E-state index contributed by atoms with van der Waals surface area (Å²) in [6.45, 7) is 3.40. The molecule has 0 fully saturated rings. The number of methoxy groups -OCH3 is 1. The zero-order valence-electron chi connectivity index (χ0n) is 11.5. The van der Waals surface area contributed by atoms with Gasteiger partial charge in [0.2, 0.25) is 0 Å². The second-order valence-corrected chi connectivity index (χ2v) is 4.52. The number of carboxylic acid groups (broad SMARTS) is 1. The van der Waals surface area contributed by atoms with Crippen LogP contribution in [-0.2, 0) is 16.0 Å². The number of hydrogen-bond acceptors (Lipinski definition) is 4. The van der Waals surface area contributed by atoms with Crippen LogP contribution in [0.2, 0.25) is 5.02 Å². The first-order valence-corrected chi connectivity index (χ1v) is 6.45. The van der Waals surface area contributed by atoms with E-state index in [0.717, 1.165) is 0 Å². The highest BCUT2D eigenvalue weighted by Gasteiger charge is 2.22. The molecule has 21 heavy (non-hydrogen) atoms. The number of rotatable bonds is 7. The predicted molar refractivity (Wildman–Crippen MR) is 77.8 cm³/mol. The molecule has 0 bridgehead atoms. The maximum Gasteiger partial charge on any atom is 0.408 e. The zero-order chi connectivity index (χ0) is 15.8. The number of halogens is 1. The Kier molecular flexibility index (Phi) is 6.55. The summed E-state index contributed by atoms with van der Waals surface area (Å²) in [5.74, 6) is -0.724. The maximum atomic E-state index is 11.4. The average molecular weight is 314 g/mol. The standard InChI is InChI=1S/C14H16ClNO5/c1-3-6-21-14(19)16-11(13(17)18)7-9-4-5-10(15)8-12(9)20-2/h3-5,8,11H,1,6-7H2,2H3,(H,16,19)(H,17,18). The molecule has 0 aliphatic rings. The van der Waals surface area contributed by atoms with Gasteiger partial charge in [-0.25, -0.2) is 9.59 Å². The Hall–Kier alpha value is -2.21. The molecule has 0 aliphatic heterocycles. The van der Waals surface area contributed by atoms with Crippen molar-refractivity contribution < 1.29 is 24.2 Å². The predicted octanol–water partition coefficient (Wildman–Crippen LogP) is 2.26. The topological polar surface area (TPSA) is 84.9 Å². The summed E-state index contributed by atoms with van der Waals surface area (Å²) < 4.78 is 9.84. The third kappa shape index (κ3) is 5.35. The number of hydrogen-bond donors (Lipinski definition) is 2. The van der Waals surface area contributed by atoms with Crippen molar-refractivity contribution >= 4 is 23.7 Å². The fourth-order valence-corrected chi connectivity index (χ4v) is 1.79. The van der Waals surface area contributed by atoms with E-state index in [0.29, 0.717) is 16.3 Å². The van der Waals surface area contributed by atoms with Crippen LogP contribution in [0.3, 0.4) is 0 Å². The smallest absolute Gasteiger partial charge is 0.408 e. The number of carbonyl (C=O) groups is 2. The molecule has 6 nitrogen and oxygen atoms in total. The average Bonchev–Trinajstić information content (AvgIpc) is 2.45. The molecule has 7 heteroatoms. The molecule has 114 valence electrons. The first kappa shape index (κ1) is 16.8. The van der Waals surface area contributed by atoms with Crippen molar-refractivity contribution in [1.29, 1.82) is 0 Å². The summed E-state index contributed by atoms with van der Waals surface area (Å²) in [5.41, 5.74) is 0.610. The Morgan fingerprint density at radius 1 is 1.52 bits per heavy atom. The van der Waals surface area contributed by atoms with Crippen LogP contribution in [0.4, 0.5) is 4.79 Å². The van der Waals surface area contributed by atoms with Gasteiger partial charge in [0.1, 0.15) is 18.4 Å². The van der Waals surface area contributed by atoms with E-state index in [1.807, 2.05) is 0 Å². The van der Waals surface area contributed by atoms with Crippen molar-refractivity contribution in [3.8, 4) is 5.75 Å². The lowest BCUT2D eigenvalue weighted by atomic mass is 10.1. The van der Waals surface area contributed by atoms with Crippen LogP contribution < -0.4 is 10.1 Å². The van der Waals surface area contributed by atoms with E-state index in [9.17, 15) is 9.59 Å². The largest absolute Gasteiger partial charge is 0.496 e. The molecule has 0 radical (unpaired) electrons. The van der Waals surface area contributed by atoms with Crippen molar-refractivity contribution in [2.24, 2.45) is 0 Å². The minimum absolute atomic E-state index is 0.00242. The van der Waals surface area contributed by atoms with E-state index in [-0.39, 0.29) is 13.0 Å². The van der Waals surface area contributed by atoms with Crippen LogP contribution >= 0.6 is 11.6 Å². The molecular weight excluding hydrogens is 298 g/mol. The van der Waals surface area contributed by atoms with Gasteiger partial charge in [-0.05, 0) is 17.7 Å². The van der Waals surface area contributed by atoms with Crippen LogP contribution in [0.5, 0.6) is 5.75 Å². The maximum absolute atomic E-state index is 11.4. The second-order valence-electron chi connectivity index (χ2n) is 4.08. The third-order valence-corrected chi connectivity index (χ3v) is 2.83. The normalized spacial score (nSPS) is 11.3. The van der Waals surface area contributed by atoms with Gasteiger partial charge in [-0.2, -0.15) is 0 Å². The quantitative estimate of drug-likeness (QED) is 0.754. The molecule has 1 atom stereocenters. The molecular formula is C14H16ClNO5. The lowest BCUT2D eigenvalue weighted by Gasteiger charge is -2.16. The molecule has 1 unspecified atom stereocenters. The van der Waals surface area contributed by atoms with E-state index in [1.54, 1.807) is 18.2 Å². The summed E-state index contributed by atoms with van der Waals surface area (Å²) in [4.78, 5) is 22.6. The van der Waals surface area contributed by atoms with E-state index in [2.05, 4.69) is 11.9 Å². The van der Waals surface area contributed by atoms with E-state index >= 15 is 0 Å². The number of ether oxygens (including phenoxy) is 2. The van der Waals surface area contributed by atoms with Crippen LogP contribution in [0, 0.1) is 0 Å². The van der Waals surface area contributed by atoms with Gasteiger partial charge in [0.15, 0.2) is 0 Å². The van der Waals surface area contributed by atoms with Crippen molar-refractivity contribution in [2.75, 3.05) is 13.7 Å². The fourth-order valence-electron chi connectivity index (χ4n) is 1.63. The summed E-state index contributed by atoms with van der Waals surface area (Å²) in [7, 11) is 1.46. The molecule has 0 aromatic heterocycles. The molecule has 0 saturated heterocycles. The van der Waals surface area contributed by atoms with Crippen molar-refractivity contribution in [3.05, 3.63) is 41.4 Å². The van der Waals surface area contributed by atoms with Gasteiger partial charge in [-0.3, -0.25) is 0 Å². The number of aliphatic carboxylic acids is 1. The molecule has 0 spiro atoms. The number of nitrogens with one attached hydrogen (secondary N) is 1. The molecule has 1 rings (SSSR count). The highest BCUT2D eigenvalue weighted by Crippen LogP contribution is 2.24. The van der Waals surface area contributed by atoms with E-state index < -0.39 is 18.1 Å². The minimum atomic E-state index is -1.18. The highest BCUT2D eigenvalue weighted by molar-refractivity contribution is 6.30. The summed E-state index contributed by atoms with van der Waals surface area (Å²) in [6, 6.07) is 3.70. The van der Waals surface area contributed by atoms with Crippen LogP contribution in [0.15, 0.2) is 30.9 Å². The lowest BCUT2D eigenvalue weighted by Crippen LogP contribution is -2.42. The van der Waals surface area contributed by atoms with Gasteiger partial charge in [0, 0.05) is 11.4 Å². The summed E-state index contributed by atoms with van der Waals surface area (Å²) in [6.07, 6.45) is 0.603. The van der Waals surface area contributed by atoms with E-state index in [1.165, 1.54) is 13.2 Å². The Morgan fingerprint density at radius 2 is 2.24 bits per heavy atom. The van der Waals surface area contributed by atoms with Gasteiger partial charge in [0.25, 0.3) is 0 Å². The van der Waals surface area contributed by atoms with Crippen molar-refractivity contribution in [1.82, 2.24) is 5.32 Å². The first-order valence-electron chi connectivity index (χ1n) is 6.07. The van der Waals surface area contributed by atoms with Crippen molar-refractivity contribution in [3.63, 3.8) is 0 Å². The lowest BCUT2D eigenvalue weighted by molar-refractivity contribution is -0.139. The van der Waals surface area contributed by atoms with E-state index in [4.69, 9.17) is 26.2 Å². The number of carboxylic acids is 1. The monoisotopic (exact) mass is 313 g/mol. The molecule has 2 N–H and O–H groups in total. The molecule has 0 heterocycles. The number of amides is 1. The van der Waals surface area contributed by atoms with Gasteiger partial charge in [0.05, 0.1) is 7.11 Å². The minimum Gasteiger partial charge on any atom is -0.496 e. The van der Waals surface area contributed by atoms with Gasteiger partial charge in [-0.15, -0.1) is 0 Å². The third-order valence-electron chi connectivity index (χ3n) is 2.60.